The van der Waals surface area contributed by atoms with Crippen molar-refractivity contribution >= 4 is 23.7 Å². The van der Waals surface area contributed by atoms with E-state index in [1.54, 1.807) is 38.1 Å². The normalized spacial score (nSPS) is 16.3. The summed E-state index contributed by atoms with van der Waals surface area (Å²) in [5.41, 5.74) is 6.81. The third-order valence-electron chi connectivity index (χ3n) is 6.50. The third-order valence-corrected chi connectivity index (χ3v) is 6.50. The van der Waals surface area contributed by atoms with Crippen molar-refractivity contribution in [2.75, 3.05) is 0 Å². The van der Waals surface area contributed by atoms with Crippen molar-refractivity contribution in [3.8, 4) is 0 Å². The Balaban J connectivity index is 2.99. The van der Waals surface area contributed by atoms with Crippen LogP contribution in [0.3, 0.4) is 0 Å². The van der Waals surface area contributed by atoms with Gasteiger partial charge in [-0.25, -0.2) is 4.79 Å². The molecule has 1 aromatic rings. The lowest BCUT2D eigenvalue weighted by Gasteiger charge is -2.30. The summed E-state index contributed by atoms with van der Waals surface area (Å²) < 4.78 is 0. The third kappa shape index (κ3) is 9.32. The molecule has 0 saturated heterocycles. The van der Waals surface area contributed by atoms with Gasteiger partial charge in [0.25, 0.3) is 0 Å². The Morgan fingerprint density at radius 3 is 1.80 bits per heavy atom. The average molecular weight is 491 g/mol. The van der Waals surface area contributed by atoms with Crippen molar-refractivity contribution in [3.63, 3.8) is 0 Å². The van der Waals surface area contributed by atoms with Crippen LogP contribution in [0, 0.1) is 17.8 Å². The van der Waals surface area contributed by atoms with Crippen LogP contribution in [0.5, 0.6) is 0 Å². The van der Waals surface area contributed by atoms with Gasteiger partial charge in [-0.3, -0.25) is 14.4 Å². The van der Waals surface area contributed by atoms with E-state index in [0.29, 0.717) is 6.42 Å². The summed E-state index contributed by atoms with van der Waals surface area (Å²) in [6.45, 7) is 11.1. The number of carbonyl (C=O) groups is 4. The molecule has 1 rings (SSSR count). The number of amides is 3. The molecule has 0 fully saturated rings. The number of carboxylic acid groups (broad SMARTS) is 1. The summed E-state index contributed by atoms with van der Waals surface area (Å²) in [7, 11) is 0. The molecule has 6 N–H and O–H groups in total. The van der Waals surface area contributed by atoms with Crippen LogP contribution >= 0.6 is 0 Å². The van der Waals surface area contributed by atoms with Crippen LogP contribution in [-0.4, -0.2) is 53.0 Å². The average Bonchev–Trinajstić information content (AvgIpc) is 2.83. The summed E-state index contributed by atoms with van der Waals surface area (Å²) >= 11 is 0. The lowest BCUT2D eigenvalue weighted by atomic mass is 9.94. The minimum atomic E-state index is -1.17. The van der Waals surface area contributed by atoms with Crippen molar-refractivity contribution in [1.29, 1.82) is 0 Å². The number of carboxylic acids is 1. The molecule has 1 aromatic carbocycles. The van der Waals surface area contributed by atoms with Gasteiger partial charge in [0, 0.05) is 6.42 Å². The topological polar surface area (TPSA) is 151 Å². The maximum Gasteiger partial charge on any atom is 0.326 e. The Kier molecular flexibility index (Phi) is 12.4. The monoisotopic (exact) mass is 490 g/mol. The minimum Gasteiger partial charge on any atom is -0.480 e. The maximum absolute atomic E-state index is 13.2. The van der Waals surface area contributed by atoms with Crippen LogP contribution in [0.2, 0.25) is 0 Å². The first-order valence-electron chi connectivity index (χ1n) is 12.4. The first kappa shape index (κ1) is 30.1. The molecule has 0 heterocycles. The van der Waals surface area contributed by atoms with Crippen LogP contribution in [0.25, 0.3) is 0 Å². The quantitative estimate of drug-likeness (QED) is 0.268. The van der Waals surface area contributed by atoms with Crippen LogP contribution in [0.15, 0.2) is 30.3 Å². The van der Waals surface area contributed by atoms with Gasteiger partial charge in [0.2, 0.25) is 17.7 Å². The summed E-state index contributed by atoms with van der Waals surface area (Å²) in [4.78, 5) is 50.7. The molecule has 196 valence electrons. The van der Waals surface area contributed by atoms with Gasteiger partial charge in [-0.1, -0.05) is 84.7 Å². The first-order chi connectivity index (χ1) is 16.4. The number of benzene rings is 1. The second-order valence-electron chi connectivity index (χ2n) is 9.60. The molecule has 9 nitrogen and oxygen atoms in total. The number of nitrogens with two attached hydrogens (primary N) is 1. The van der Waals surface area contributed by atoms with Crippen molar-refractivity contribution in [2.24, 2.45) is 23.5 Å². The molecule has 6 atom stereocenters. The molecule has 3 amide bonds. The Hall–Kier alpha value is -2.94. The molecule has 0 radical (unpaired) electrons. The number of aliphatic carboxylic acids is 1. The molecule has 35 heavy (non-hydrogen) atoms. The van der Waals surface area contributed by atoms with Crippen molar-refractivity contribution in [1.82, 2.24) is 16.0 Å². The van der Waals surface area contributed by atoms with Crippen molar-refractivity contribution in [2.45, 2.75) is 85.0 Å². The van der Waals surface area contributed by atoms with Crippen molar-refractivity contribution < 1.29 is 24.3 Å². The zero-order valence-electron chi connectivity index (χ0n) is 21.7. The summed E-state index contributed by atoms with van der Waals surface area (Å²) in [6.07, 6.45) is 1.45. The molecule has 6 unspecified atom stereocenters. The molecule has 9 heteroatoms. The zero-order chi connectivity index (χ0) is 26.7. The fraction of sp³-hybridized carbons (Fsp3) is 0.615. The molecule has 0 bridgehead atoms. The van der Waals surface area contributed by atoms with E-state index in [1.807, 2.05) is 33.8 Å². The number of carbonyl (C=O) groups excluding carboxylic acids is 3. The minimum absolute atomic E-state index is 0.0533. The molecule has 0 aliphatic carbocycles. The lowest BCUT2D eigenvalue weighted by molar-refractivity contribution is -0.142. The second kappa shape index (κ2) is 14.5. The number of hydrogen-bond acceptors (Lipinski definition) is 5. The van der Waals surface area contributed by atoms with E-state index in [-0.39, 0.29) is 24.2 Å². The van der Waals surface area contributed by atoms with E-state index in [4.69, 9.17) is 5.73 Å². The van der Waals surface area contributed by atoms with Gasteiger partial charge in [0.15, 0.2) is 0 Å². The van der Waals surface area contributed by atoms with Crippen LogP contribution in [0.4, 0.5) is 0 Å². The predicted octanol–water partition coefficient (Wildman–Crippen LogP) is 1.84. The van der Waals surface area contributed by atoms with E-state index < -0.39 is 47.9 Å². The molecular formula is C26H42N4O5. The Morgan fingerprint density at radius 1 is 0.800 bits per heavy atom. The van der Waals surface area contributed by atoms with E-state index in [0.717, 1.165) is 12.0 Å². The van der Waals surface area contributed by atoms with Gasteiger partial charge in [-0.05, 0) is 23.3 Å². The Labute approximate surface area is 208 Å². The van der Waals surface area contributed by atoms with Crippen LogP contribution < -0.4 is 21.7 Å². The predicted molar refractivity (Wildman–Crippen MR) is 135 cm³/mol. The SMILES string of the molecule is CCC(C)C(N)C(=O)NC(C(=O)NC(C(=O)NC(Cc1ccccc1)C(=O)O)C(C)C)C(C)CC. The van der Waals surface area contributed by atoms with Gasteiger partial charge in [-0.15, -0.1) is 0 Å². The molecule has 0 spiro atoms. The van der Waals surface area contributed by atoms with E-state index in [9.17, 15) is 24.3 Å². The highest BCUT2D eigenvalue weighted by atomic mass is 16.4. The summed E-state index contributed by atoms with van der Waals surface area (Å²) in [6, 6.07) is 5.22. The lowest BCUT2D eigenvalue weighted by Crippen LogP contribution is -2.60. The van der Waals surface area contributed by atoms with Gasteiger partial charge in [-0.2, -0.15) is 0 Å². The summed E-state index contributed by atoms with van der Waals surface area (Å²) in [5, 5.41) is 17.7. The first-order valence-corrected chi connectivity index (χ1v) is 12.4. The summed E-state index contributed by atoms with van der Waals surface area (Å²) in [5.74, 6) is -3.26. The highest BCUT2D eigenvalue weighted by Gasteiger charge is 2.34. The highest BCUT2D eigenvalue weighted by Crippen LogP contribution is 2.13. The fourth-order valence-electron chi connectivity index (χ4n) is 3.55. The number of nitrogens with one attached hydrogen (secondary N) is 3. The van der Waals surface area contributed by atoms with Crippen LogP contribution in [0.1, 0.15) is 59.9 Å². The molecule has 0 aliphatic rings. The highest BCUT2D eigenvalue weighted by molar-refractivity contribution is 5.94. The van der Waals surface area contributed by atoms with Gasteiger partial charge in [0.1, 0.15) is 18.1 Å². The van der Waals surface area contributed by atoms with Crippen LogP contribution in [-0.2, 0) is 25.6 Å². The Bertz CT molecular complexity index is 845. The zero-order valence-corrected chi connectivity index (χ0v) is 21.7. The molecule has 0 aliphatic heterocycles. The smallest absolute Gasteiger partial charge is 0.326 e. The van der Waals surface area contributed by atoms with E-state index in [1.165, 1.54) is 0 Å². The standard InChI is InChI=1S/C26H42N4O5/c1-7-16(5)20(27)23(31)30-22(17(6)8-2)25(33)29-21(15(3)4)24(32)28-19(26(34)35)14-18-12-10-9-11-13-18/h9-13,15-17,19-22H,7-8,14,27H2,1-6H3,(H,28,32)(H,29,33)(H,30,31)(H,34,35). The van der Waals surface area contributed by atoms with Crippen molar-refractivity contribution in [3.05, 3.63) is 35.9 Å². The largest absolute Gasteiger partial charge is 0.480 e. The molecular weight excluding hydrogens is 448 g/mol. The van der Waals surface area contributed by atoms with Gasteiger partial charge >= 0.3 is 5.97 Å². The second-order valence-corrected chi connectivity index (χ2v) is 9.60. The van der Waals surface area contributed by atoms with Gasteiger partial charge < -0.3 is 26.8 Å². The van der Waals surface area contributed by atoms with E-state index in [2.05, 4.69) is 16.0 Å². The van der Waals surface area contributed by atoms with E-state index >= 15 is 0 Å². The molecule has 0 saturated carbocycles. The van der Waals surface area contributed by atoms with Gasteiger partial charge in [0.05, 0.1) is 6.04 Å². The molecule has 0 aromatic heterocycles. The number of rotatable bonds is 14. The Morgan fingerprint density at radius 2 is 1.31 bits per heavy atom. The fourth-order valence-corrected chi connectivity index (χ4v) is 3.55. The number of hydrogen-bond donors (Lipinski definition) is 5. The maximum atomic E-state index is 13.2.